The Morgan fingerprint density at radius 1 is 1.14 bits per heavy atom. The number of nitrogens with one attached hydrogen (secondary N) is 2. The largest absolute Gasteiger partial charge is 0.376 e. The zero-order chi connectivity index (χ0) is 15.8. The molecule has 1 aromatic carbocycles. The molecular weight excluding hydrogens is 278 g/mol. The number of carbonyl (C=O) groups excluding carboxylic acids is 2. The van der Waals surface area contributed by atoms with Crippen molar-refractivity contribution < 1.29 is 9.59 Å². The first-order valence-corrected chi connectivity index (χ1v) is 7.71. The molecule has 2 rings (SSSR count). The van der Waals surface area contributed by atoms with E-state index in [9.17, 15) is 9.59 Å². The molecule has 0 radical (unpaired) electrons. The molecule has 0 unspecified atom stereocenters. The summed E-state index contributed by atoms with van der Waals surface area (Å²) in [6, 6.07) is 7.28. The molecule has 0 bridgehead atoms. The number of likely N-dealkylation sites (tertiary alicyclic amines) is 1. The lowest BCUT2D eigenvalue weighted by Gasteiger charge is -2.26. The van der Waals surface area contributed by atoms with Gasteiger partial charge in [-0.05, 0) is 43.5 Å². The van der Waals surface area contributed by atoms with E-state index in [1.54, 1.807) is 18.2 Å². The third-order valence-electron chi connectivity index (χ3n) is 3.67. The molecule has 2 amide bonds. The van der Waals surface area contributed by atoms with Gasteiger partial charge >= 0.3 is 0 Å². The molecular formula is C17H23N3O2. The smallest absolute Gasteiger partial charge is 0.253 e. The number of nitrogens with zero attached hydrogens (tertiary/aromatic N) is 1. The van der Waals surface area contributed by atoms with E-state index in [0.29, 0.717) is 12.1 Å². The normalized spacial score (nSPS) is 14.3. The van der Waals surface area contributed by atoms with Crippen LogP contribution >= 0.6 is 0 Å². The van der Waals surface area contributed by atoms with Gasteiger partial charge in [-0.25, -0.2) is 0 Å². The molecule has 118 valence electrons. The fourth-order valence-corrected chi connectivity index (χ4v) is 2.44. The van der Waals surface area contributed by atoms with Gasteiger partial charge in [0.1, 0.15) is 0 Å². The highest BCUT2D eigenvalue weighted by atomic mass is 16.2. The van der Waals surface area contributed by atoms with Gasteiger partial charge in [0.15, 0.2) is 0 Å². The molecule has 5 heteroatoms. The topological polar surface area (TPSA) is 61.4 Å². The zero-order valence-corrected chi connectivity index (χ0v) is 12.8. The van der Waals surface area contributed by atoms with Gasteiger partial charge in [-0.1, -0.05) is 6.08 Å². The number of hydrogen-bond acceptors (Lipinski definition) is 3. The van der Waals surface area contributed by atoms with Crippen LogP contribution in [-0.2, 0) is 4.79 Å². The average molecular weight is 301 g/mol. The Morgan fingerprint density at radius 2 is 1.82 bits per heavy atom. The molecule has 1 aromatic rings. The minimum Gasteiger partial charge on any atom is -0.376 e. The Labute approximate surface area is 131 Å². The van der Waals surface area contributed by atoms with Gasteiger partial charge in [0, 0.05) is 30.9 Å². The number of piperidine rings is 1. The number of carbonyl (C=O) groups is 2. The van der Waals surface area contributed by atoms with E-state index in [0.717, 1.165) is 31.6 Å². The van der Waals surface area contributed by atoms with Gasteiger partial charge in [-0.2, -0.15) is 0 Å². The van der Waals surface area contributed by atoms with Crippen molar-refractivity contribution in [2.45, 2.75) is 19.3 Å². The Bertz CT molecular complexity index is 519. The number of rotatable bonds is 6. The highest BCUT2D eigenvalue weighted by Crippen LogP contribution is 2.15. The molecule has 5 nitrogen and oxygen atoms in total. The van der Waals surface area contributed by atoms with E-state index in [2.05, 4.69) is 17.2 Å². The van der Waals surface area contributed by atoms with Crippen LogP contribution in [-0.4, -0.2) is 42.9 Å². The second kappa shape index (κ2) is 8.22. The molecule has 0 spiro atoms. The molecule has 22 heavy (non-hydrogen) atoms. The summed E-state index contributed by atoms with van der Waals surface area (Å²) >= 11 is 0. The quantitative estimate of drug-likeness (QED) is 0.790. The van der Waals surface area contributed by atoms with Crippen LogP contribution in [0.4, 0.5) is 5.69 Å². The first kappa shape index (κ1) is 16.1. The molecule has 0 saturated carbocycles. The third kappa shape index (κ3) is 4.62. The monoisotopic (exact) mass is 301 g/mol. The lowest BCUT2D eigenvalue weighted by molar-refractivity contribution is -0.119. The lowest BCUT2D eigenvalue weighted by atomic mass is 10.1. The SMILES string of the molecule is C=CCNC(=O)CNc1ccc(C(=O)N2CCCCC2)cc1. The minimum atomic E-state index is -0.0895. The van der Waals surface area contributed by atoms with Gasteiger partial charge in [0.05, 0.1) is 6.54 Å². The molecule has 1 aliphatic heterocycles. The maximum absolute atomic E-state index is 12.3. The summed E-state index contributed by atoms with van der Waals surface area (Å²) in [4.78, 5) is 25.7. The van der Waals surface area contributed by atoms with Crippen LogP contribution in [0.15, 0.2) is 36.9 Å². The van der Waals surface area contributed by atoms with Crippen LogP contribution in [0, 0.1) is 0 Å². The van der Waals surface area contributed by atoms with E-state index in [1.807, 2.05) is 17.0 Å². The van der Waals surface area contributed by atoms with Crippen LogP contribution < -0.4 is 10.6 Å². The second-order valence-corrected chi connectivity index (χ2v) is 5.38. The number of amides is 2. The van der Waals surface area contributed by atoms with Crippen LogP contribution in [0.3, 0.4) is 0 Å². The molecule has 1 fully saturated rings. The average Bonchev–Trinajstić information content (AvgIpc) is 2.58. The summed E-state index contributed by atoms with van der Waals surface area (Å²) in [6.07, 6.45) is 5.02. The molecule has 0 aromatic heterocycles. The van der Waals surface area contributed by atoms with Crippen molar-refractivity contribution in [1.82, 2.24) is 10.2 Å². The Kier molecular flexibility index (Phi) is 6.01. The second-order valence-electron chi connectivity index (χ2n) is 5.38. The van der Waals surface area contributed by atoms with E-state index in [4.69, 9.17) is 0 Å². The Balaban J connectivity index is 1.85. The Hall–Kier alpha value is -2.30. The van der Waals surface area contributed by atoms with E-state index in [1.165, 1.54) is 6.42 Å². The number of anilines is 1. The van der Waals surface area contributed by atoms with Crippen molar-refractivity contribution in [3.63, 3.8) is 0 Å². The molecule has 1 saturated heterocycles. The first-order valence-electron chi connectivity index (χ1n) is 7.71. The van der Waals surface area contributed by atoms with Crippen molar-refractivity contribution in [2.75, 3.05) is 31.5 Å². The lowest BCUT2D eigenvalue weighted by Crippen LogP contribution is -2.35. The fourth-order valence-electron chi connectivity index (χ4n) is 2.44. The van der Waals surface area contributed by atoms with E-state index < -0.39 is 0 Å². The maximum atomic E-state index is 12.3. The van der Waals surface area contributed by atoms with Crippen LogP contribution in [0.25, 0.3) is 0 Å². The van der Waals surface area contributed by atoms with E-state index in [-0.39, 0.29) is 18.4 Å². The van der Waals surface area contributed by atoms with E-state index >= 15 is 0 Å². The van der Waals surface area contributed by atoms with Crippen LogP contribution in [0.1, 0.15) is 29.6 Å². The third-order valence-corrected chi connectivity index (χ3v) is 3.67. The molecule has 1 aliphatic rings. The van der Waals surface area contributed by atoms with Crippen molar-refractivity contribution in [2.24, 2.45) is 0 Å². The minimum absolute atomic E-state index is 0.0895. The predicted molar refractivity (Wildman–Crippen MR) is 87.9 cm³/mol. The van der Waals surface area contributed by atoms with Gasteiger partial charge in [-0.15, -0.1) is 6.58 Å². The summed E-state index contributed by atoms with van der Waals surface area (Å²) in [5.41, 5.74) is 1.52. The summed E-state index contributed by atoms with van der Waals surface area (Å²) in [5, 5.41) is 5.72. The maximum Gasteiger partial charge on any atom is 0.253 e. The zero-order valence-electron chi connectivity index (χ0n) is 12.8. The molecule has 1 heterocycles. The molecule has 0 aliphatic carbocycles. The predicted octanol–water partition coefficient (Wildman–Crippen LogP) is 2.03. The first-order chi connectivity index (χ1) is 10.7. The van der Waals surface area contributed by atoms with Crippen molar-refractivity contribution in [1.29, 1.82) is 0 Å². The van der Waals surface area contributed by atoms with Gasteiger partial charge in [-0.3, -0.25) is 9.59 Å². The standard InChI is InChI=1S/C17H23N3O2/c1-2-10-18-16(21)13-19-15-8-6-14(7-9-15)17(22)20-11-4-3-5-12-20/h2,6-9,19H,1,3-5,10-13H2,(H,18,21). The number of hydrogen-bond donors (Lipinski definition) is 2. The summed E-state index contributed by atoms with van der Waals surface area (Å²) in [5.74, 6) is 0.00310. The van der Waals surface area contributed by atoms with Crippen LogP contribution in [0.2, 0.25) is 0 Å². The number of benzene rings is 1. The van der Waals surface area contributed by atoms with Crippen molar-refractivity contribution >= 4 is 17.5 Å². The highest BCUT2D eigenvalue weighted by molar-refractivity contribution is 5.94. The van der Waals surface area contributed by atoms with Crippen molar-refractivity contribution in [3.05, 3.63) is 42.5 Å². The Morgan fingerprint density at radius 3 is 2.45 bits per heavy atom. The highest BCUT2D eigenvalue weighted by Gasteiger charge is 2.17. The van der Waals surface area contributed by atoms with Gasteiger partial charge in [0.2, 0.25) is 5.91 Å². The summed E-state index contributed by atoms with van der Waals surface area (Å²) in [6.45, 7) is 5.91. The summed E-state index contributed by atoms with van der Waals surface area (Å²) < 4.78 is 0. The van der Waals surface area contributed by atoms with Gasteiger partial charge < -0.3 is 15.5 Å². The van der Waals surface area contributed by atoms with Crippen LogP contribution in [0.5, 0.6) is 0 Å². The summed E-state index contributed by atoms with van der Waals surface area (Å²) in [7, 11) is 0. The fraction of sp³-hybridized carbons (Fsp3) is 0.412. The molecule has 2 N–H and O–H groups in total. The van der Waals surface area contributed by atoms with Crippen molar-refractivity contribution in [3.8, 4) is 0 Å². The molecule has 0 atom stereocenters. The van der Waals surface area contributed by atoms with Gasteiger partial charge in [0.25, 0.3) is 5.91 Å².